The largest absolute Gasteiger partial charge is 0.459 e. The summed E-state index contributed by atoms with van der Waals surface area (Å²) in [6.45, 7) is 5.22. The highest BCUT2D eigenvalue weighted by Crippen LogP contribution is 2.40. The first-order valence-corrected chi connectivity index (χ1v) is 9.08. The molecular weight excluding hydrogens is 343 g/mol. The summed E-state index contributed by atoms with van der Waals surface area (Å²) in [4.78, 5) is 31.2. The summed E-state index contributed by atoms with van der Waals surface area (Å²) in [5.41, 5.74) is 1.30. The standard InChI is InChI=1S/C18H19FN2O3S/c1-10(2)24-17(23)15-11(3)20-18-21(14(22)7-8-25-18)16(15)12-5-4-6-13(19)9-12/h4-6,9-10,16H,7-8H2,1-3H3/t16-/m1/s1. The Morgan fingerprint density at radius 1 is 1.44 bits per heavy atom. The molecule has 0 bridgehead atoms. The van der Waals surface area contributed by atoms with Crippen molar-refractivity contribution in [3.05, 3.63) is 46.9 Å². The Hall–Kier alpha value is -2.15. The van der Waals surface area contributed by atoms with Crippen LogP contribution in [0.15, 0.2) is 40.5 Å². The SMILES string of the molecule is CC1=C(C(=O)OC(C)C)[C@@H](c2cccc(F)c2)N2C(=O)CCSC2=N1. The number of allylic oxidation sites excluding steroid dienone is 1. The van der Waals surface area contributed by atoms with Crippen molar-refractivity contribution in [1.82, 2.24) is 4.90 Å². The molecule has 1 atom stereocenters. The zero-order chi connectivity index (χ0) is 18.1. The summed E-state index contributed by atoms with van der Waals surface area (Å²) in [5, 5.41) is 0.545. The van der Waals surface area contributed by atoms with Gasteiger partial charge < -0.3 is 4.74 Å². The van der Waals surface area contributed by atoms with Gasteiger partial charge in [0.25, 0.3) is 0 Å². The number of nitrogens with zero attached hydrogens (tertiary/aromatic N) is 2. The fourth-order valence-corrected chi connectivity index (χ4v) is 3.93. The number of amidine groups is 1. The Morgan fingerprint density at radius 2 is 2.20 bits per heavy atom. The number of ether oxygens (including phenoxy) is 1. The molecule has 0 unspecified atom stereocenters. The van der Waals surface area contributed by atoms with Gasteiger partial charge in [-0.15, -0.1) is 0 Å². The quantitative estimate of drug-likeness (QED) is 0.773. The molecule has 0 spiro atoms. The van der Waals surface area contributed by atoms with Crippen molar-refractivity contribution in [2.45, 2.75) is 39.3 Å². The number of thioether (sulfide) groups is 1. The van der Waals surface area contributed by atoms with Gasteiger partial charge in [0.1, 0.15) is 5.82 Å². The molecule has 2 heterocycles. The average molecular weight is 362 g/mol. The van der Waals surface area contributed by atoms with Crippen LogP contribution in [-0.2, 0) is 14.3 Å². The highest BCUT2D eigenvalue weighted by atomic mass is 32.2. The average Bonchev–Trinajstić information content (AvgIpc) is 2.53. The lowest BCUT2D eigenvalue weighted by Gasteiger charge is -2.39. The molecule has 25 heavy (non-hydrogen) atoms. The maximum Gasteiger partial charge on any atom is 0.338 e. The third kappa shape index (κ3) is 3.46. The van der Waals surface area contributed by atoms with Crippen LogP contribution in [0.25, 0.3) is 0 Å². The molecule has 1 fully saturated rings. The fourth-order valence-electron chi connectivity index (χ4n) is 2.93. The Bertz CT molecular complexity index is 788. The molecule has 5 nitrogen and oxygen atoms in total. The first kappa shape index (κ1) is 17.7. The van der Waals surface area contributed by atoms with E-state index in [1.165, 1.54) is 28.8 Å². The highest BCUT2D eigenvalue weighted by molar-refractivity contribution is 8.14. The maximum absolute atomic E-state index is 13.8. The number of carbonyl (C=O) groups excluding carboxylic acids is 2. The van der Waals surface area contributed by atoms with Crippen molar-refractivity contribution >= 4 is 28.8 Å². The van der Waals surface area contributed by atoms with Crippen molar-refractivity contribution < 1.29 is 18.7 Å². The van der Waals surface area contributed by atoms with Crippen LogP contribution in [0.5, 0.6) is 0 Å². The number of hydrogen-bond donors (Lipinski definition) is 0. The molecule has 2 aliphatic heterocycles. The molecular formula is C18H19FN2O3S. The highest BCUT2D eigenvalue weighted by Gasteiger charge is 2.41. The van der Waals surface area contributed by atoms with Gasteiger partial charge in [0.05, 0.1) is 23.4 Å². The molecule has 1 amide bonds. The van der Waals surface area contributed by atoms with E-state index in [4.69, 9.17) is 4.74 Å². The Morgan fingerprint density at radius 3 is 2.88 bits per heavy atom. The Labute approximate surface area is 149 Å². The molecule has 0 aromatic heterocycles. The van der Waals surface area contributed by atoms with E-state index >= 15 is 0 Å². The van der Waals surface area contributed by atoms with Crippen LogP contribution < -0.4 is 0 Å². The van der Waals surface area contributed by atoms with Crippen LogP contribution in [0.1, 0.15) is 38.8 Å². The van der Waals surface area contributed by atoms with E-state index in [9.17, 15) is 14.0 Å². The third-order valence-electron chi connectivity index (χ3n) is 3.93. The zero-order valence-electron chi connectivity index (χ0n) is 14.3. The molecule has 132 valence electrons. The summed E-state index contributed by atoms with van der Waals surface area (Å²) in [5.74, 6) is -0.446. The first-order chi connectivity index (χ1) is 11.9. The topological polar surface area (TPSA) is 59.0 Å². The van der Waals surface area contributed by atoms with Gasteiger partial charge in [-0.3, -0.25) is 9.69 Å². The molecule has 0 radical (unpaired) electrons. The van der Waals surface area contributed by atoms with E-state index in [2.05, 4.69) is 4.99 Å². The molecule has 0 saturated carbocycles. The van der Waals surface area contributed by atoms with Crippen LogP contribution >= 0.6 is 11.8 Å². The summed E-state index contributed by atoms with van der Waals surface area (Å²) >= 11 is 1.46. The molecule has 0 aliphatic carbocycles. The summed E-state index contributed by atoms with van der Waals surface area (Å²) in [6, 6.07) is 5.22. The van der Waals surface area contributed by atoms with Crippen molar-refractivity contribution in [2.75, 3.05) is 5.75 Å². The Balaban J connectivity index is 2.14. The third-order valence-corrected chi connectivity index (χ3v) is 4.89. The van der Waals surface area contributed by atoms with Gasteiger partial charge in [-0.25, -0.2) is 14.2 Å². The van der Waals surface area contributed by atoms with Gasteiger partial charge >= 0.3 is 5.97 Å². The number of esters is 1. The van der Waals surface area contributed by atoms with Crippen molar-refractivity contribution in [2.24, 2.45) is 4.99 Å². The summed E-state index contributed by atoms with van der Waals surface area (Å²) in [6.07, 6.45) is 0.0407. The lowest BCUT2D eigenvalue weighted by molar-refractivity contribution is -0.143. The smallest absolute Gasteiger partial charge is 0.338 e. The summed E-state index contributed by atoms with van der Waals surface area (Å²) < 4.78 is 19.2. The minimum atomic E-state index is -0.727. The molecule has 1 aromatic carbocycles. The number of fused-ring (bicyclic) bond motifs is 1. The number of amides is 1. The van der Waals surface area contributed by atoms with E-state index in [0.717, 1.165) is 0 Å². The van der Waals surface area contributed by atoms with Gasteiger partial charge in [0, 0.05) is 12.2 Å². The minimum absolute atomic E-state index is 0.130. The van der Waals surface area contributed by atoms with Crippen molar-refractivity contribution in [3.8, 4) is 0 Å². The second-order valence-electron chi connectivity index (χ2n) is 6.17. The monoisotopic (exact) mass is 362 g/mol. The molecule has 1 aromatic rings. The van der Waals surface area contributed by atoms with Crippen LogP contribution in [0.2, 0.25) is 0 Å². The van der Waals surface area contributed by atoms with Crippen LogP contribution in [0.3, 0.4) is 0 Å². The molecule has 7 heteroatoms. The maximum atomic E-state index is 13.8. The van der Waals surface area contributed by atoms with E-state index in [1.807, 2.05) is 0 Å². The van der Waals surface area contributed by atoms with E-state index in [1.54, 1.807) is 32.9 Å². The Kier molecular flexibility index (Phi) is 4.94. The van der Waals surface area contributed by atoms with E-state index in [0.29, 0.717) is 28.6 Å². The molecule has 0 N–H and O–H groups in total. The number of hydrogen-bond acceptors (Lipinski definition) is 5. The first-order valence-electron chi connectivity index (χ1n) is 8.09. The number of carbonyl (C=O) groups is 2. The normalized spacial score (nSPS) is 20.5. The number of halogens is 1. The van der Waals surface area contributed by atoms with Crippen molar-refractivity contribution in [3.63, 3.8) is 0 Å². The molecule has 3 rings (SSSR count). The van der Waals surface area contributed by atoms with Gasteiger partial charge in [-0.05, 0) is 38.5 Å². The second kappa shape index (κ2) is 7.00. The summed E-state index contributed by atoms with van der Waals surface area (Å²) in [7, 11) is 0. The van der Waals surface area contributed by atoms with Gasteiger partial charge in [-0.2, -0.15) is 0 Å². The number of benzene rings is 1. The molecule has 1 saturated heterocycles. The zero-order valence-corrected chi connectivity index (χ0v) is 15.1. The van der Waals surface area contributed by atoms with Crippen LogP contribution in [-0.4, -0.2) is 33.8 Å². The van der Waals surface area contributed by atoms with E-state index < -0.39 is 17.8 Å². The lowest BCUT2D eigenvalue weighted by atomic mass is 9.94. The number of aliphatic imine (C=N–C) groups is 1. The predicted octanol–water partition coefficient (Wildman–Crippen LogP) is 3.43. The fraction of sp³-hybridized carbons (Fsp3) is 0.389. The van der Waals surface area contributed by atoms with Crippen molar-refractivity contribution in [1.29, 1.82) is 0 Å². The predicted molar refractivity (Wildman–Crippen MR) is 94.4 cm³/mol. The lowest BCUT2D eigenvalue weighted by Crippen LogP contribution is -2.46. The second-order valence-corrected chi connectivity index (χ2v) is 7.23. The van der Waals surface area contributed by atoms with Crippen LogP contribution in [0, 0.1) is 5.82 Å². The number of rotatable bonds is 3. The molecule has 2 aliphatic rings. The minimum Gasteiger partial charge on any atom is -0.459 e. The van der Waals surface area contributed by atoms with E-state index in [-0.39, 0.29) is 17.6 Å². The van der Waals surface area contributed by atoms with Gasteiger partial charge in [0.15, 0.2) is 5.17 Å². The van der Waals surface area contributed by atoms with Gasteiger partial charge in [-0.1, -0.05) is 23.9 Å². The van der Waals surface area contributed by atoms with Gasteiger partial charge in [0.2, 0.25) is 5.91 Å². The van der Waals surface area contributed by atoms with Crippen LogP contribution in [0.4, 0.5) is 4.39 Å².